The molecule has 2 N–H and O–H groups in total. The SMILES string of the molecule is c1ccc(-c2nc(NCCc3c[nH]c4ccccc34)cc(-c3ccncc3)n2)cc1. The lowest BCUT2D eigenvalue weighted by Crippen LogP contribution is -2.07. The Labute approximate surface area is 174 Å². The van der Waals surface area contributed by atoms with E-state index < -0.39 is 0 Å². The molecule has 0 saturated carbocycles. The van der Waals surface area contributed by atoms with Crippen LogP contribution in [0.2, 0.25) is 0 Å². The summed E-state index contributed by atoms with van der Waals surface area (Å²) in [6.07, 6.45) is 6.55. The average Bonchev–Trinajstić information content (AvgIpc) is 3.23. The molecule has 2 aromatic carbocycles. The second kappa shape index (κ2) is 8.17. The molecule has 0 radical (unpaired) electrons. The fourth-order valence-corrected chi connectivity index (χ4v) is 3.59. The van der Waals surface area contributed by atoms with E-state index in [1.165, 1.54) is 16.5 Å². The van der Waals surface area contributed by atoms with Crippen molar-refractivity contribution >= 4 is 16.7 Å². The molecule has 0 aliphatic carbocycles. The minimum atomic E-state index is 0.708. The van der Waals surface area contributed by atoms with Crippen LogP contribution in [-0.2, 0) is 6.42 Å². The maximum Gasteiger partial charge on any atom is 0.162 e. The highest BCUT2D eigenvalue weighted by Gasteiger charge is 2.09. The molecule has 3 aromatic heterocycles. The molecule has 0 fully saturated rings. The quantitative estimate of drug-likeness (QED) is 0.410. The van der Waals surface area contributed by atoms with Crippen molar-refractivity contribution in [2.75, 3.05) is 11.9 Å². The molecule has 5 aromatic rings. The van der Waals surface area contributed by atoms with Crippen molar-refractivity contribution in [3.63, 3.8) is 0 Å². The van der Waals surface area contributed by atoms with Crippen molar-refractivity contribution in [2.45, 2.75) is 6.42 Å². The van der Waals surface area contributed by atoms with Gasteiger partial charge in [0.2, 0.25) is 0 Å². The molecule has 0 aliphatic rings. The Bertz CT molecular complexity index is 1200. The zero-order valence-corrected chi connectivity index (χ0v) is 16.4. The third kappa shape index (κ3) is 3.78. The molecule has 3 heterocycles. The Hall–Kier alpha value is -3.99. The number of pyridine rings is 1. The van der Waals surface area contributed by atoms with E-state index in [4.69, 9.17) is 9.97 Å². The highest BCUT2D eigenvalue weighted by atomic mass is 15.0. The lowest BCUT2D eigenvalue weighted by molar-refractivity contribution is 1.01. The summed E-state index contributed by atoms with van der Waals surface area (Å²) in [6.45, 7) is 0.781. The Morgan fingerprint density at radius 1 is 0.800 bits per heavy atom. The van der Waals surface area contributed by atoms with E-state index >= 15 is 0 Å². The predicted octanol–water partition coefficient (Wildman–Crippen LogP) is 5.34. The van der Waals surface area contributed by atoms with Crippen LogP contribution in [0.3, 0.4) is 0 Å². The first kappa shape index (κ1) is 18.1. The molecule has 0 amide bonds. The van der Waals surface area contributed by atoms with E-state index in [-0.39, 0.29) is 0 Å². The number of aromatic nitrogens is 4. The number of para-hydroxylation sites is 1. The zero-order chi connectivity index (χ0) is 20.2. The summed E-state index contributed by atoms with van der Waals surface area (Å²) in [7, 11) is 0. The summed E-state index contributed by atoms with van der Waals surface area (Å²) in [5.74, 6) is 1.52. The van der Waals surface area contributed by atoms with Gasteiger partial charge < -0.3 is 10.3 Å². The molecule has 146 valence electrons. The fourth-order valence-electron chi connectivity index (χ4n) is 3.59. The average molecular weight is 391 g/mol. The minimum Gasteiger partial charge on any atom is -0.370 e. The number of hydrogen-bond acceptors (Lipinski definition) is 4. The van der Waals surface area contributed by atoms with Gasteiger partial charge in [-0.25, -0.2) is 9.97 Å². The van der Waals surface area contributed by atoms with Gasteiger partial charge in [-0.2, -0.15) is 0 Å². The van der Waals surface area contributed by atoms with Crippen molar-refractivity contribution in [1.82, 2.24) is 19.9 Å². The van der Waals surface area contributed by atoms with Gasteiger partial charge in [0.1, 0.15) is 5.82 Å². The van der Waals surface area contributed by atoms with E-state index in [9.17, 15) is 0 Å². The van der Waals surface area contributed by atoms with Crippen LogP contribution in [0, 0.1) is 0 Å². The highest BCUT2D eigenvalue weighted by molar-refractivity contribution is 5.83. The van der Waals surface area contributed by atoms with Crippen molar-refractivity contribution in [2.24, 2.45) is 0 Å². The second-order valence-corrected chi connectivity index (χ2v) is 7.10. The topological polar surface area (TPSA) is 66.5 Å². The van der Waals surface area contributed by atoms with Crippen molar-refractivity contribution in [3.8, 4) is 22.6 Å². The van der Waals surface area contributed by atoms with Crippen LogP contribution in [0.15, 0.2) is 91.4 Å². The smallest absolute Gasteiger partial charge is 0.162 e. The zero-order valence-electron chi connectivity index (χ0n) is 16.4. The van der Waals surface area contributed by atoms with E-state index in [0.717, 1.165) is 35.6 Å². The largest absolute Gasteiger partial charge is 0.370 e. The van der Waals surface area contributed by atoms with Crippen molar-refractivity contribution < 1.29 is 0 Å². The van der Waals surface area contributed by atoms with Gasteiger partial charge in [0.15, 0.2) is 5.82 Å². The number of nitrogens with one attached hydrogen (secondary N) is 2. The fraction of sp³-hybridized carbons (Fsp3) is 0.0800. The molecule has 5 heteroatoms. The molecule has 0 atom stereocenters. The van der Waals surface area contributed by atoms with Gasteiger partial charge >= 0.3 is 0 Å². The monoisotopic (exact) mass is 391 g/mol. The molecular formula is C25H21N5. The summed E-state index contributed by atoms with van der Waals surface area (Å²) < 4.78 is 0. The molecule has 0 bridgehead atoms. The lowest BCUT2D eigenvalue weighted by Gasteiger charge is -2.10. The molecule has 30 heavy (non-hydrogen) atoms. The van der Waals surface area contributed by atoms with Gasteiger partial charge in [0, 0.05) is 53.2 Å². The third-order valence-corrected chi connectivity index (χ3v) is 5.11. The van der Waals surface area contributed by atoms with Crippen LogP contribution in [-0.4, -0.2) is 26.5 Å². The van der Waals surface area contributed by atoms with E-state index in [1.54, 1.807) is 12.4 Å². The number of H-pyrrole nitrogens is 1. The standard InChI is InChI=1S/C25H21N5/c1-2-6-19(7-3-1)25-29-23(18-10-13-26-14-11-18)16-24(30-25)27-15-12-20-17-28-22-9-5-4-8-21(20)22/h1-11,13-14,16-17,28H,12,15H2,(H,27,29,30). The second-order valence-electron chi connectivity index (χ2n) is 7.10. The number of aromatic amines is 1. The molecule has 0 aliphatic heterocycles. The first-order valence-corrected chi connectivity index (χ1v) is 10.0. The molecule has 5 nitrogen and oxygen atoms in total. The highest BCUT2D eigenvalue weighted by Crippen LogP contribution is 2.24. The number of benzene rings is 2. The molecule has 0 unspecified atom stereocenters. The number of fused-ring (bicyclic) bond motifs is 1. The van der Waals surface area contributed by atoms with E-state index in [0.29, 0.717) is 5.82 Å². The Morgan fingerprint density at radius 3 is 2.47 bits per heavy atom. The van der Waals surface area contributed by atoms with Gasteiger partial charge in [0.25, 0.3) is 0 Å². The summed E-state index contributed by atoms with van der Waals surface area (Å²) >= 11 is 0. The van der Waals surface area contributed by atoms with Gasteiger partial charge in [-0.05, 0) is 30.2 Å². The minimum absolute atomic E-state index is 0.708. The summed E-state index contributed by atoms with van der Waals surface area (Å²) in [4.78, 5) is 17.0. The van der Waals surface area contributed by atoms with Crippen molar-refractivity contribution in [1.29, 1.82) is 0 Å². The Balaban J connectivity index is 1.42. The van der Waals surface area contributed by atoms with E-state index in [1.807, 2.05) is 54.6 Å². The number of nitrogens with zero attached hydrogens (tertiary/aromatic N) is 3. The third-order valence-electron chi connectivity index (χ3n) is 5.11. The van der Waals surface area contributed by atoms with Gasteiger partial charge in [-0.3, -0.25) is 4.98 Å². The first-order valence-electron chi connectivity index (χ1n) is 10.0. The maximum absolute atomic E-state index is 4.79. The summed E-state index contributed by atoms with van der Waals surface area (Å²) in [5.41, 5.74) is 5.35. The number of anilines is 1. The maximum atomic E-state index is 4.79. The van der Waals surface area contributed by atoms with Gasteiger partial charge in [-0.15, -0.1) is 0 Å². The summed E-state index contributed by atoms with van der Waals surface area (Å²) in [5, 5.41) is 4.76. The normalized spacial score (nSPS) is 10.9. The Kier molecular flexibility index (Phi) is 4.92. The molecular weight excluding hydrogens is 370 g/mol. The Morgan fingerprint density at radius 2 is 1.60 bits per heavy atom. The van der Waals surface area contributed by atoms with Crippen LogP contribution in [0.1, 0.15) is 5.56 Å². The summed E-state index contributed by atoms with van der Waals surface area (Å²) in [6, 6.07) is 24.4. The van der Waals surface area contributed by atoms with E-state index in [2.05, 4.69) is 39.7 Å². The first-order chi connectivity index (χ1) is 14.9. The number of hydrogen-bond donors (Lipinski definition) is 2. The van der Waals surface area contributed by atoms with Crippen molar-refractivity contribution in [3.05, 3.63) is 97.0 Å². The van der Waals surface area contributed by atoms with Gasteiger partial charge in [0.05, 0.1) is 5.69 Å². The van der Waals surface area contributed by atoms with Crippen LogP contribution >= 0.6 is 0 Å². The van der Waals surface area contributed by atoms with Crippen LogP contribution in [0.25, 0.3) is 33.5 Å². The van der Waals surface area contributed by atoms with Crippen LogP contribution in [0.5, 0.6) is 0 Å². The lowest BCUT2D eigenvalue weighted by atomic mass is 10.1. The predicted molar refractivity (Wildman–Crippen MR) is 121 cm³/mol. The van der Waals surface area contributed by atoms with Crippen LogP contribution < -0.4 is 5.32 Å². The van der Waals surface area contributed by atoms with Crippen LogP contribution in [0.4, 0.5) is 5.82 Å². The number of rotatable bonds is 6. The van der Waals surface area contributed by atoms with Gasteiger partial charge in [-0.1, -0.05) is 48.5 Å². The molecule has 0 saturated heterocycles. The molecule has 5 rings (SSSR count). The molecule has 0 spiro atoms.